The van der Waals surface area contributed by atoms with E-state index in [-0.39, 0.29) is 17.9 Å². The number of hydrogen-bond donors (Lipinski definition) is 4. The van der Waals surface area contributed by atoms with E-state index in [2.05, 4.69) is 4.98 Å². The molecule has 0 spiro atoms. The Bertz CT molecular complexity index is 367. The highest BCUT2D eigenvalue weighted by atomic mass is 16.3. The molecule has 5 heteroatoms. The molecule has 16 heavy (non-hydrogen) atoms. The van der Waals surface area contributed by atoms with Gasteiger partial charge in [0.25, 0.3) is 0 Å². The number of pyridine rings is 1. The summed E-state index contributed by atoms with van der Waals surface area (Å²) in [5, 5.41) is 38.3. The Morgan fingerprint density at radius 2 is 2.00 bits per heavy atom. The maximum Gasteiger partial charge on any atom is 0.143 e. The minimum atomic E-state index is -1.21. The molecule has 1 heterocycles. The van der Waals surface area contributed by atoms with Gasteiger partial charge in [-0.2, -0.15) is 0 Å². The van der Waals surface area contributed by atoms with E-state index in [1.807, 2.05) is 0 Å². The van der Waals surface area contributed by atoms with Gasteiger partial charge in [0.15, 0.2) is 0 Å². The van der Waals surface area contributed by atoms with Gasteiger partial charge in [0.05, 0.1) is 18.4 Å². The van der Waals surface area contributed by atoms with Crippen molar-refractivity contribution in [2.75, 3.05) is 0 Å². The summed E-state index contributed by atoms with van der Waals surface area (Å²) >= 11 is 0. The lowest BCUT2D eigenvalue weighted by Crippen LogP contribution is -2.19. The van der Waals surface area contributed by atoms with Crippen molar-refractivity contribution < 1.29 is 20.4 Å². The van der Waals surface area contributed by atoms with Gasteiger partial charge in [0, 0.05) is 17.3 Å². The number of aliphatic hydroxyl groups is 3. The van der Waals surface area contributed by atoms with Crippen molar-refractivity contribution in [3.05, 3.63) is 23.0 Å². The molecule has 0 saturated carbocycles. The van der Waals surface area contributed by atoms with Gasteiger partial charge in [-0.05, 0) is 13.3 Å². The molecule has 0 amide bonds. The first kappa shape index (κ1) is 12.9. The van der Waals surface area contributed by atoms with Crippen molar-refractivity contribution in [2.45, 2.75) is 39.1 Å². The first-order chi connectivity index (χ1) is 7.52. The minimum absolute atomic E-state index is 0.157. The lowest BCUT2D eigenvalue weighted by atomic mass is 9.97. The second-order valence-electron chi connectivity index (χ2n) is 3.71. The number of rotatable bonds is 4. The van der Waals surface area contributed by atoms with E-state index < -0.39 is 12.2 Å². The molecule has 0 aliphatic carbocycles. The molecule has 0 bridgehead atoms. The van der Waals surface area contributed by atoms with Crippen molar-refractivity contribution in [3.63, 3.8) is 0 Å². The fraction of sp³-hybridized carbons (Fsp3) is 0.545. The van der Waals surface area contributed by atoms with Gasteiger partial charge in [0.2, 0.25) is 0 Å². The largest absolute Gasteiger partial charge is 0.506 e. The van der Waals surface area contributed by atoms with E-state index in [0.717, 1.165) is 0 Å². The summed E-state index contributed by atoms with van der Waals surface area (Å²) in [5.41, 5.74) is 0.835. The zero-order valence-corrected chi connectivity index (χ0v) is 9.38. The van der Waals surface area contributed by atoms with Gasteiger partial charge in [0.1, 0.15) is 11.9 Å². The van der Waals surface area contributed by atoms with Crippen molar-refractivity contribution in [2.24, 2.45) is 0 Å². The number of aromatic hydroxyl groups is 1. The zero-order chi connectivity index (χ0) is 12.3. The van der Waals surface area contributed by atoms with Crippen LogP contribution in [0.2, 0.25) is 0 Å². The third kappa shape index (κ3) is 2.32. The van der Waals surface area contributed by atoms with Crippen LogP contribution in [-0.4, -0.2) is 31.5 Å². The lowest BCUT2D eigenvalue weighted by molar-refractivity contribution is 0.0138. The number of nitrogens with zero attached hydrogens (tertiary/aromatic N) is 1. The number of aliphatic hydroxyl groups excluding tert-OH is 3. The molecule has 1 aromatic heterocycles. The SMILES string of the molecule is CCC(O)C(O)c1c(CO)cnc(C)c1O. The highest BCUT2D eigenvalue weighted by Crippen LogP contribution is 2.32. The average Bonchev–Trinajstić information content (AvgIpc) is 2.30. The molecule has 2 atom stereocenters. The Kier molecular flexibility index (Phi) is 4.23. The molecule has 2 unspecified atom stereocenters. The first-order valence-corrected chi connectivity index (χ1v) is 5.17. The highest BCUT2D eigenvalue weighted by Gasteiger charge is 2.24. The van der Waals surface area contributed by atoms with E-state index in [4.69, 9.17) is 5.11 Å². The molecule has 1 aromatic rings. The summed E-state index contributed by atoms with van der Waals surface area (Å²) in [7, 11) is 0. The van der Waals surface area contributed by atoms with Crippen LogP contribution < -0.4 is 0 Å². The molecule has 0 fully saturated rings. The van der Waals surface area contributed by atoms with Crippen LogP contribution >= 0.6 is 0 Å². The van der Waals surface area contributed by atoms with Gasteiger partial charge >= 0.3 is 0 Å². The first-order valence-electron chi connectivity index (χ1n) is 5.17. The summed E-state index contributed by atoms with van der Waals surface area (Å²) < 4.78 is 0. The van der Waals surface area contributed by atoms with E-state index in [1.54, 1.807) is 13.8 Å². The topological polar surface area (TPSA) is 93.8 Å². The maximum absolute atomic E-state index is 9.86. The van der Waals surface area contributed by atoms with Gasteiger partial charge in [-0.15, -0.1) is 0 Å². The van der Waals surface area contributed by atoms with Crippen LogP contribution in [0.1, 0.15) is 36.3 Å². The summed E-state index contributed by atoms with van der Waals surface area (Å²) in [6.07, 6.45) is -0.449. The van der Waals surface area contributed by atoms with Crippen LogP contribution in [0.4, 0.5) is 0 Å². The predicted octanol–water partition coefficient (Wildman–Crippen LogP) is 0.392. The smallest absolute Gasteiger partial charge is 0.143 e. The molecular weight excluding hydrogens is 210 g/mol. The van der Waals surface area contributed by atoms with Crippen LogP contribution in [0.25, 0.3) is 0 Å². The van der Waals surface area contributed by atoms with Crippen molar-refractivity contribution >= 4 is 0 Å². The Hall–Kier alpha value is -1.17. The third-order valence-corrected chi connectivity index (χ3v) is 2.61. The van der Waals surface area contributed by atoms with Gasteiger partial charge in [-0.1, -0.05) is 6.92 Å². The Morgan fingerprint density at radius 1 is 1.38 bits per heavy atom. The number of hydrogen-bond acceptors (Lipinski definition) is 5. The summed E-state index contributed by atoms with van der Waals surface area (Å²) in [5.74, 6) is -0.174. The van der Waals surface area contributed by atoms with Crippen molar-refractivity contribution in [3.8, 4) is 5.75 Å². The minimum Gasteiger partial charge on any atom is -0.506 e. The van der Waals surface area contributed by atoms with Crippen LogP contribution in [0.5, 0.6) is 5.75 Å². The molecule has 0 aromatic carbocycles. The predicted molar refractivity (Wildman–Crippen MR) is 57.8 cm³/mol. The second kappa shape index (κ2) is 5.25. The lowest BCUT2D eigenvalue weighted by Gasteiger charge is -2.20. The van der Waals surface area contributed by atoms with Gasteiger partial charge < -0.3 is 20.4 Å². The van der Waals surface area contributed by atoms with E-state index >= 15 is 0 Å². The van der Waals surface area contributed by atoms with Crippen LogP contribution in [0, 0.1) is 6.92 Å². The fourth-order valence-electron chi connectivity index (χ4n) is 1.52. The molecule has 0 aliphatic rings. The van der Waals surface area contributed by atoms with Crippen molar-refractivity contribution in [1.29, 1.82) is 0 Å². The normalized spacial score (nSPS) is 14.8. The number of aryl methyl sites for hydroxylation is 1. The summed E-state index contributed by atoms with van der Waals surface area (Å²) in [6.45, 7) is 2.96. The molecule has 5 nitrogen and oxygen atoms in total. The summed E-state index contributed by atoms with van der Waals surface area (Å²) in [6, 6.07) is 0. The molecule has 0 saturated heterocycles. The molecule has 0 radical (unpaired) electrons. The molecule has 1 rings (SSSR count). The summed E-state index contributed by atoms with van der Waals surface area (Å²) in [4.78, 5) is 3.87. The van der Waals surface area contributed by atoms with E-state index in [1.165, 1.54) is 6.20 Å². The number of aromatic nitrogens is 1. The Balaban J connectivity index is 3.23. The molecule has 0 aliphatic heterocycles. The Labute approximate surface area is 94.0 Å². The van der Waals surface area contributed by atoms with Crippen LogP contribution in [0.15, 0.2) is 6.20 Å². The third-order valence-electron chi connectivity index (χ3n) is 2.61. The standard InChI is InChI=1S/C11H17NO4/c1-3-8(14)11(16)9-7(5-13)4-12-6(2)10(9)15/h4,8,11,13-16H,3,5H2,1-2H3. The molecular formula is C11H17NO4. The van der Waals surface area contributed by atoms with Crippen LogP contribution in [0.3, 0.4) is 0 Å². The monoisotopic (exact) mass is 227 g/mol. The maximum atomic E-state index is 9.86. The van der Waals surface area contributed by atoms with E-state index in [9.17, 15) is 15.3 Å². The fourth-order valence-corrected chi connectivity index (χ4v) is 1.52. The highest BCUT2D eigenvalue weighted by molar-refractivity contribution is 5.42. The van der Waals surface area contributed by atoms with Crippen molar-refractivity contribution in [1.82, 2.24) is 4.98 Å². The quantitative estimate of drug-likeness (QED) is 0.597. The van der Waals surface area contributed by atoms with E-state index in [0.29, 0.717) is 17.7 Å². The Morgan fingerprint density at radius 3 is 2.50 bits per heavy atom. The van der Waals surface area contributed by atoms with Crippen LogP contribution in [-0.2, 0) is 6.61 Å². The average molecular weight is 227 g/mol. The zero-order valence-electron chi connectivity index (χ0n) is 9.38. The van der Waals surface area contributed by atoms with Gasteiger partial charge in [-0.25, -0.2) is 0 Å². The van der Waals surface area contributed by atoms with Gasteiger partial charge in [-0.3, -0.25) is 4.98 Å². The molecule has 4 N–H and O–H groups in total. The molecule has 90 valence electrons. The second-order valence-corrected chi connectivity index (χ2v) is 3.71.